The summed E-state index contributed by atoms with van der Waals surface area (Å²) < 4.78 is 5.21. The highest BCUT2D eigenvalue weighted by molar-refractivity contribution is 5.51. The van der Waals surface area contributed by atoms with E-state index in [9.17, 15) is 4.79 Å². The fourth-order valence-corrected chi connectivity index (χ4v) is 0.720. The van der Waals surface area contributed by atoms with Crippen molar-refractivity contribution in [1.82, 2.24) is 0 Å². The lowest BCUT2D eigenvalue weighted by Crippen LogP contribution is -2.33. The lowest BCUT2D eigenvalue weighted by Gasteiger charge is -2.30. The van der Waals surface area contributed by atoms with Crippen molar-refractivity contribution < 1.29 is 9.53 Å². The number of aldehydes is 1. The molecule has 0 N–H and O–H groups in total. The predicted molar refractivity (Wildman–Crippen MR) is 40.9 cm³/mol. The monoisotopic (exact) mass is 144 g/mol. The molecule has 0 fully saturated rings. The molecule has 10 heavy (non-hydrogen) atoms. The summed E-state index contributed by atoms with van der Waals surface area (Å²) in [5.74, 6) is 0.377. The van der Waals surface area contributed by atoms with Crippen LogP contribution < -0.4 is 0 Å². The van der Waals surface area contributed by atoms with Crippen LogP contribution in [-0.2, 0) is 9.53 Å². The van der Waals surface area contributed by atoms with Gasteiger partial charge in [0.2, 0.25) is 0 Å². The molecule has 0 aliphatic carbocycles. The van der Waals surface area contributed by atoms with Crippen molar-refractivity contribution in [2.45, 2.75) is 32.8 Å². The van der Waals surface area contributed by atoms with Gasteiger partial charge in [0.25, 0.3) is 0 Å². The van der Waals surface area contributed by atoms with E-state index in [2.05, 4.69) is 0 Å². The van der Waals surface area contributed by atoms with Crippen molar-refractivity contribution in [1.29, 1.82) is 0 Å². The van der Waals surface area contributed by atoms with Crippen LogP contribution in [0.5, 0.6) is 0 Å². The molecule has 2 nitrogen and oxygen atoms in total. The lowest BCUT2D eigenvalue weighted by molar-refractivity contribution is -0.115. The fraction of sp³-hybridized carbons (Fsp3) is 0.875. The van der Waals surface area contributed by atoms with Crippen LogP contribution in [-0.4, -0.2) is 19.0 Å². The molecule has 0 aromatic carbocycles. The van der Waals surface area contributed by atoms with E-state index in [0.717, 1.165) is 6.29 Å². The van der Waals surface area contributed by atoms with Crippen LogP contribution in [0.4, 0.5) is 0 Å². The standard InChI is InChI=1S/C8H16O2/c1-7(2)8(3,10-4)5-6-9/h6-7H,5H2,1-4H3. The molecule has 0 aromatic heterocycles. The van der Waals surface area contributed by atoms with Gasteiger partial charge in [-0.2, -0.15) is 0 Å². The first-order chi connectivity index (χ1) is 4.56. The van der Waals surface area contributed by atoms with Crippen molar-refractivity contribution in [3.8, 4) is 0 Å². The van der Waals surface area contributed by atoms with E-state index < -0.39 is 0 Å². The molecule has 0 amide bonds. The Hall–Kier alpha value is -0.370. The molecule has 0 saturated heterocycles. The Morgan fingerprint density at radius 2 is 2.10 bits per heavy atom. The highest BCUT2D eigenvalue weighted by Gasteiger charge is 2.26. The van der Waals surface area contributed by atoms with E-state index in [4.69, 9.17) is 4.74 Å². The third-order valence-electron chi connectivity index (χ3n) is 2.18. The maximum absolute atomic E-state index is 10.2. The average Bonchev–Trinajstić information content (AvgIpc) is 1.88. The van der Waals surface area contributed by atoms with Crippen molar-refractivity contribution in [3.05, 3.63) is 0 Å². The van der Waals surface area contributed by atoms with Crippen molar-refractivity contribution in [2.24, 2.45) is 5.92 Å². The van der Waals surface area contributed by atoms with Gasteiger partial charge < -0.3 is 9.53 Å². The van der Waals surface area contributed by atoms with Gasteiger partial charge in [-0.25, -0.2) is 0 Å². The smallest absolute Gasteiger partial charge is 0.122 e. The molecule has 0 aliphatic heterocycles. The Morgan fingerprint density at radius 3 is 2.20 bits per heavy atom. The summed E-state index contributed by atoms with van der Waals surface area (Å²) >= 11 is 0. The van der Waals surface area contributed by atoms with Crippen molar-refractivity contribution >= 4 is 6.29 Å². The van der Waals surface area contributed by atoms with Crippen LogP contribution in [0.2, 0.25) is 0 Å². The van der Waals surface area contributed by atoms with E-state index >= 15 is 0 Å². The normalized spacial score (nSPS) is 16.9. The van der Waals surface area contributed by atoms with Crippen molar-refractivity contribution in [3.63, 3.8) is 0 Å². The second-order valence-electron chi connectivity index (χ2n) is 3.04. The summed E-state index contributed by atoms with van der Waals surface area (Å²) in [6.07, 6.45) is 1.38. The quantitative estimate of drug-likeness (QED) is 0.561. The molecule has 0 heterocycles. The van der Waals surface area contributed by atoms with Crippen LogP contribution in [0, 0.1) is 5.92 Å². The van der Waals surface area contributed by atoms with Crippen molar-refractivity contribution in [2.75, 3.05) is 7.11 Å². The van der Waals surface area contributed by atoms with Gasteiger partial charge in [0.15, 0.2) is 0 Å². The Bertz CT molecular complexity index is 110. The highest BCUT2D eigenvalue weighted by atomic mass is 16.5. The Kier molecular flexibility index (Phi) is 3.58. The molecule has 0 radical (unpaired) electrons. The second kappa shape index (κ2) is 3.71. The van der Waals surface area contributed by atoms with E-state index in [1.807, 2.05) is 20.8 Å². The molecule has 0 aliphatic rings. The summed E-state index contributed by atoms with van der Waals surface area (Å²) in [7, 11) is 1.64. The summed E-state index contributed by atoms with van der Waals surface area (Å²) in [5.41, 5.74) is -0.276. The Labute approximate surface area is 62.6 Å². The van der Waals surface area contributed by atoms with Gasteiger partial charge in [-0.1, -0.05) is 13.8 Å². The number of hydrogen-bond acceptors (Lipinski definition) is 2. The maximum atomic E-state index is 10.2. The van der Waals surface area contributed by atoms with Crippen LogP contribution in [0.1, 0.15) is 27.2 Å². The minimum atomic E-state index is -0.276. The van der Waals surface area contributed by atoms with Gasteiger partial charge in [-0.05, 0) is 12.8 Å². The number of rotatable bonds is 4. The molecule has 0 aromatic rings. The summed E-state index contributed by atoms with van der Waals surface area (Å²) in [6, 6.07) is 0. The minimum absolute atomic E-state index is 0.276. The van der Waals surface area contributed by atoms with Gasteiger partial charge in [-0.3, -0.25) is 0 Å². The first-order valence-corrected chi connectivity index (χ1v) is 3.55. The number of ether oxygens (including phenoxy) is 1. The van der Waals surface area contributed by atoms with Crippen LogP contribution >= 0.6 is 0 Å². The molecule has 1 atom stereocenters. The van der Waals surface area contributed by atoms with E-state index in [1.165, 1.54) is 0 Å². The Morgan fingerprint density at radius 1 is 1.60 bits per heavy atom. The van der Waals surface area contributed by atoms with E-state index in [0.29, 0.717) is 12.3 Å². The first kappa shape index (κ1) is 9.63. The molecule has 0 spiro atoms. The van der Waals surface area contributed by atoms with Gasteiger partial charge in [0.05, 0.1) is 5.60 Å². The SMILES string of the molecule is COC(C)(CC=O)C(C)C. The number of carbonyl (C=O) groups excluding carboxylic acids is 1. The minimum Gasteiger partial charge on any atom is -0.378 e. The van der Waals surface area contributed by atoms with E-state index in [-0.39, 0.29) is 5.60 Å². The number of carbonyl (C=O) groups is 1. The van der Waals surface area contributed by atoms with Gasteiger partial charge in [-0.15, -0.1) is 0 Å². The van der Waals surface area contributed by atoms with E-state index in [1.54, 1.807) is 7.11 Å². The molecule has 0 rings (SSSR count). The number of hydrogen-bond donors (Lipinski definition) is 0. The fourth-order valence-electron chi connectivity index (χ4n) is 0.720. The third-order valence-corrected chi connectivity index (χ3v) is 2.18. The number of methoxy groups -OCH3 is 1. The van der Waals surface area contributed by atoms with Crippen LogP contribution in [0.15, 0.2) is 0 Å². The largest absolute Gasteiger partial charge is 0.378 e. The zero-order valence-corrected chi connectivity index (χ0v) is 7.18. The summed E-state index contributed by atoms with van der Waals surface area (Å²) in [5, 5.41) is 0. The molecule has 60 valence electrons. The lowest BCUT2D eigenvalue weighted by atomic mass is 9.89. The first-order valence-electron chi connectivity index (χ1n) is 3.55. The maximum Gasteiger partial charge on any atom is 0.122 e. The van der Waals surface area contributed by atoms with Crippen LogP contribution in [0.3, 0.4) is 0 Å². The van der Waals surface area contributed by atoms with Crippen LogP contribution in [0.25, 0.3) is 0 Å². The summed E-state index contributed by atoms with van der Waals surface area (Å²) in [6.45, 7) is 6.05. The predicted octanol–water partition coefficient (Wildman–Crippen LogP) is 1.64. The zero-order valence-electron chi connectivity index (χ0n) is 7.18. The molecule has 0 saturated carbocycles. The molecular formula is C8H16O2. The van der Waals surface area contributed by atoms with Gasteiger partial charge in [0.1, 0.15) is 6.29 Å². The molecular weight excluding hydrogens is 128 g/mol. The van der Waals surface area contributed by atoms with Gasteiger partial charge >= 0.3 is 0 Å². The third kappa shape index (κ3) is 2.10. The molecule has 2 heteroatoms. The molecule has 0 bridgehead atoms. The highest BCUT2D eigenvalue weighted by Crippen LogP contribution is 2.22. The second-order valence-corrected chi connectivity index (χ2v) is 3.04. The Balaban J connectivity index is 4.07. The average molecular weight is 144 g/mol. The van der Waals surface area contributed by atoms with Gasteiger partial charge in [0, 0.05) is 13.5 Å². The molecule has 1 unspecified atom stereocenters. The summed E-state index contributed by atoms with van der Waals surface area (Å²) in [4.78, 5) is 10.2. The topological polar surface area (TPSA) is 26.3 Å². The zero-order chi connectivity index (χ0) is 8.20.